The number of fused-ring (bicyclic) bond motifs is 9. The van der Waals surface area contributed by atoms with Gasteiger partial charge in [0.1, 0.15) is 5.82 Å². The van der Waals surface area contributed by atoms with Crippen molar-refractivity contribution in [2.75, 3.05) is 5.32 Å². The number of nitrogens with zero attached hydrogens (tertiary/aromatic N) is 2. The minimum Gasteiger partial charge on any atom is -0.374 e. The summed E-state index contributed by atoms with van der Waals surface area (Å²) in [7, 11) is 0. The molecule has 0 radical (unpaired) electrons. The number of anilines is 1. The number of benzene rings is 8. The Hall–Kier alpha value is -6.45. The zero-order valence-electron chi connectivity index (χ0n) is 26.7. The van der Waals surface area contributed by atoms with Crippen LogP contribution in [-0.4, -0.2) is 9.55 Å². The number of aromatic nitrogens is 2. The van der Waals surface area contributed by atoms with Gasteiger partial charge in [0, 0.05) is 22.5 Å². The van der Waals surface area contributed by atoms with E-state index in [4.69, 9.17) is 4.98 Å². The van der Waals surface area contributed by atoms with Crippen LogP contribution >= 0.6 is 0 Å². The van der Waals surface area contributed by atoms with Crippen LogP contribution in [0.25, 0.3) is 71.9 Å². The molecule has 0 fully saturated rings. The van der Waals surface area contributed by atoms with Gasteiger partial charge < -0.3 is 5.32 Å². The summed E-state index contributed by atoms with van der Waals surface area (Å²) in [4.78, 5) is 5.03. The molecule has 230 valence electrons. The molecule has 0 amide bonds. The Morgan fingerprint density at radius 3 is 1.98 bits per heavy atom. The molecule has 1 aromatic heterocycles. The van der Waals surface area contributed by atoms with Crippen molar-refractivity contribution in [3.05, 3.63) is 187 Å². The van der Waals surface area contributed by atoms with E-state index in [1.807, 2.05) is 12.1 Å². The van der Waals surface area contributed by atoms with Gasteiger partial charge in [-0.1, -0.05) is 140 Å². The second kappa shape index (κ2) is 11.1. The normalized spacial score (nSPS) is 13.7. The van der Waals surface area contributed by atoms with Gasteiger partial charge in [0.2, 0.25) is 0 Å². The summed E-state index contributed by atoms with van der Waals surface area (Å²) in [5.41, 5.74) is 12.9. The van der Waals surface area contributed by atoms with Crippen LogP contribution in [0.5, 0.6) is 0 Å². The molecule has 1 aliphatic rings. The second-order valence-electron chi connectivity index (χ2n) is 12.8. The number of imidazole rings is 1. The highest BCUT2D eigenvalue weighted by atomic mass is 15.1. The number of hydrogen-bond donors (Lipinski definition) is 1. The van der Waals surface area contributed by atoms with Crippen molar-refractivity contribution in [1.82, 2.24) is 9.55 Å². The molecule has 1 unspecified atom stereocenters. The number of hydrogen-bond acceptors (Lipinski definition) is 2. The summed E-state index contributed by atoms with van der Waals surface area (Å²) in [5.74, 6) is 0.943. The molecule has 2 heterocycles. The Morgan fingerprint density at radius 1 is 0.490 bits per heavy atom. The fourth-order valence-electron chi connectivity index (χ4n) is 7.83. The predicted octanol–water partition coefficient (Wildman–Crippen LogP) is 11.8. The molecule has 0 saturated carbocycles. The van der Waals surface area contributed by atoms with Gasteiger partial charge in [-0.25, -0.2) is 4.98 Å². The highest BCUT2D eigenvalue weighted by Gasteiger charge is 2.29. The van der Waals surface area contributed by atoms with Gasteiger partial charge in [-0.3, -0.25) is 4.57 Å². The summed E-state index contributed by atoms with van der Waals surface area (Å²) in [6.45, 7) is 0. The average Bonchev–Trinajstić information content (AvgIpc) is 3.58. The van der Waals surface area contributed by atoms with Gasteiger partial charge in [0.25, 0.3) is 0 Å². The Morgan fingerprint density at radius 2 is 1.14 bits per heavy atom. The van der Waals surface area contributed by atoms with E-state index in [0.29, 0.717) is 0 Å². The summed E-state index contributed by atoms with van der Waals surface area (Å²) >= 11 is 0. The molecule has 49 heavy (non-hydrogen) atoms. The maximum Gasteiger partial charge on any atom is 0.145 e. The Kier molecular flexibility index (Phi) is 6.25. The highest BCUT2D eigenvalue weighted by molar-refractivity contribution is 6.18. The quantitative estimate of drug-likeness (QED) is 0.197. The van der Waals surface area contributed by atoms with Crippen molar-refractivity contribution in [3.8, 4) is 39.3 Å². The monoisotopic (exact) mass is 625 g/mol. The van der Waals surface area contributed by atoms with Crippen molar-refractivity contribution in [1.29, 1.82) is 0 Å². The van der Waals surface area contributed by atoms with Gasteiger partial charge >= 0.3 is 0 Å². The van der Waals surface area contributed by atoms with Crippen LogP contribution < -0.4 is 5.32 Å². The molecule has 3 nitrogen and oxygen atoms in total. The first-order valence-corrected chi connectivity index (χ1v) is 16.8. The van der Waals surface area contributed by atoms with Crippen LogP contribution in [-0.2, 0) is 0 Å². The fraction of sp³-hybridized carbons (Fsp3) is 0.0217. The van der Waals surface area contributed by atoms with Crippen LogP contribution in [0.3, 0.4) is 0 Å². The molecule has 10 rings (SSSR count). The van der Waals surface area contributed by atoms with Crippen LogP contribution in [0, 0.1) is 0 Å². The molecule has 0 saturated heterocycles. The van der Waals surface area contributed by atoms with Crippen molar-refractivity contribution in [2.24, 2.45) is 0 Å². The van der Waals surface area contributed by atoms with Crippen molar-refractivity contribution in [2.45, 2.75) is 6.04 Å². The smallest absolute Gasteiger partial charge is 0.145 e. The zero-order chi connectivity index (χ0) is 32.3. The van der Waals surface area contributed by atoms with Crippen LogP contribution in [0.15, 0.2) is 176 Å². The van der Waals surface area contributed by atoms with Crippen molar-refractivity contribution < 1.29 is 0 Å². The van der Waals surface area contributed by atoms with E-state index in [-0.39, 0.29) is 6.04 Å². The Bertz CT molecular complexity index is 2690. The molecule has 1 N–H and O–H groups in total. The molecular formula is C46H31N3. The minimum absolute atomic E-state index is 0.00984. The Labute approximate surface area is 284 Å². The molecule has 1 aliphatic heterocycles. The third kappa shape index (κ3) is 4.40. The first-order valence-electron chi connectivity index (χ1n) is 16.8. The topological polar surface area (TPSA) is 29.9 Å². The SMILES string of the molecule is c1ccc(-c2nc3ccccc3n2-c2ccc(-c3cccc(C4Nc5ccccc5-c5c4c4ccccc4c4ccccc54)c3)cc2)cc1. The summed E-state index contributed by atoms with van der Waals surface area (Å²) in [6.07, 6.45) is 0. The Balaban J connectivity index is 1.10. The molecule has 1 atom stereocenters. The number of para-hydroxylation sites is 3. The van der Waals surface area contributed by atoms with Gasteiger partial charge in [-0.05, 0) is 85.8 Å². The number of rotatable bonds is 4. The van der Waals surface area contributed by atoms with E-state index in [9.17, 15) is 0 Å². The third-order valence-corrected chi connectivity index (χ3v) is 10.0. The van der Waals surface area contributed by atoms with E-state index in [0.717, 1.165) is 33.8 Å². The molecule has 8 aromatic carbocycles. The predicted molar refractivity (Wildman–Crippen MR) is 204 cm³/mol. The lowest BCUT2D eigenvalue weighted by atomic mass is 9.80. The van der Waals surface area contributed by atoms with E-state index in [1.54, 1.807) is 0 Å². The summed E-state index contributed by atoms with van der Waals surface area (Å²) < 4.78 is 2.26. The lowest BCUT2D eigenvalue weighted by Gasteiger charge is -2.33. The van der Waals surface area contributed by atoms with Gasteiger partial charge in [-0.2, -0.15) is 0 Å². The van der Waals surface area contributed by atoms with E-state index in [2.05, 4.69) is 174 Å². The molecular weight excluding hydrogens is 595 g/mol. The first kappa shape index (κ1) is 27.6. The third-order valence-electron chi connectivity index (χ3n) is 10.0. The van der Waals surface area contributed by atoms with Gasteiger partial charge in [0.05, 0.1) is 17.1 Å². The molecule has 9 aromatic rings. The zero-order valence-corrected chi connectivity index (χ0v) is 26.7. The second-order valence-corrected chi connectivity index (χ2v) is 12.8. The fourth-order valence-corrected chi connectivity index (χ4v) is 7.83. The summed E-state index contributed by atoms with van der Waals surface area (Å²) in [5, 5.41) is 9.13. The molecule has 0 bridgehead atoms. The van der Waals surface area contributed by atoms with E-state index in [1.165, 1.54) is 54.9 Å². The van der Waals surface area contributed by atoms with Crippen LogP contribution in [0.4, 0.5) is 5.69 Å². The standard InChI is InChI=1S/C46H31N3/c1-2-13-31(14-3-1)46-48-41-23-10-11-24-42(41)49(46)34-27-25-30(26-28-34)32-15-12-16-33(29-32)45-44-38-20-7-5-18-36(38)35-17-4-6-19-37(35)43(44)39-21-8-9-22-40(39)47-45/h1-29,45,47H. The maximum absolute atomic E-state index is 5.03. The maximum atomic E-state index is 5.03. The largest absolute Gasteiger partial charge is 0.374 e. The van der Waals surface area contributed by atoms with Crippen LogP contribution in [0.1, 0.15) is 17.2 Å². The first-order chi connectivity index (χ1) is 24.3. The van der Waals surface area contributed by atoms with E-state index >= 15 is 0 Å². The number of nitrogens with one attached hydrogen (secondary N) is 1. The minimum atomic E-state index is -0.00984. The highest BCUT2D eigenvalue weighted by Crippen LogP contribution is 2.50. The average molecular weight is 626 g/mol. The molecule has 3 heteroatoms. The van der Waals surface area contributed by atoms with Gasteiger partial charge in [0.15, 0.2) is 0 Å². The van der Waals surface area contributed by atoms with Gasteiger partial charge in [-0.15, -0.1) is 0 Å². The molecule has 0 spiro atoms. The molecule has 0 aliphatic carbocycles. The lowest BCUT2D eigenvalue weighted by molar-refractivity contribution is 0.943. The van der Waals surface area contributed by atoms with Crippen molar-refractivity contribution in [3.63, 3.8) is 0 Å². The lowest BCUT2D eigenvalue weighted by Crippen LogP contribution is -2.19. The van der Waals surface area contributed by atoms with Crippen LogP contribution in [0.2, 0.25) is 0 Å². The van der Waals surface area contributed by atoms with Crippen molar-refractivity contribution >= 4 is 38.3 Å². The summed E-state index contributed by atoms with van der Waals surface area (Å²) in [6, 6.07) is 63.2. The van der Waals surface area contributed by atoms with E-state index < -0.39 is 0 Å².